The van der Waals surface area contributed by atoms with Crippen LogP contribution in [0.5, 0.6) is 5.75 Å². The monoisotopic (exact) mass is 373 g/mol. The zero-order valence-electron chi connectivity index (χ0n) is 15.8. The molecule has 0 radical (unpaired) electrons. The van der Waals surface area contributed by atoms with E-state index >= 15 is 0 Å². The summed E-state index contributed by atoms with van der Waals surface area (Å²) in [5.74, 6) is 0.703. The molecule has 2 amide bonds. The number of hydrogen-bond donors (Lipinski definition) is 2. The fraction of sp³-hybridized carbons (Fsp3) is 0.174. The predicted molar refractivity (Wildman–Crippen MR) is 111 cm³/mol. The van der Waals surface area contributed by atoms with Crippen molar-refractivity contribution in [2.75, 3.05) is 17.7 Å². The predicted octanol–water partition coefficient (Wildman–Crippen LogP) is 4.86. The Hall–Kier alpha value is -3.31. The van der Waals surface area contributed by atoms with Gasteiger partial charge in [-0.1, -0.05) is 42.5 Å². The first kappa shape index (κ1) is 18.1. The molecule has 5 heteroatoms. The number of nitrogens with one attached hydrogen (secondary N) is 2. The van der Waals surface area contributed by atoms with Gasteiger partial charge in [0, 0.05) is 37.1 Å². The summed E-state index contributed by atoms with van der Waals surface area (Å²) in [4.78, 5) is 14.7. The number of carbonyl (C=O) groups is 1. The van der Waals surface area contributed by atoms with Crippen molar-refractivity contribution in [2.24, 2.45) is 0 Å². The summed E-state index contributed by atoms with van der Waals surface area (Å²) >= 11 is 0. The van der Waals surface area contributed by atoms with Crippen LogP contribution >= 0.6 is 0 Å². The van der Waals surface area contributed by atoms with Crippen LogP contribution in [0.1, 0.15) is 16.7 Å². The number of hydrogen-bond acceptors (Lipinski definition) is 3. The van der Waals surface area contributed by atoms with E-state index in [0.717, 1.165) is 25.3 Å². The van der Waals surface area contributed by atoms with E-state index in [4.69, 9.17) is 4.74 Å². The first-order valence-electron chi connectivity index (χ1n) is 9.30. The number of fused-ring (bicyclic) bond motifs is 1. The van der Waals surface area contributed by atoms with E-state index in [1.807, 2.05) is 30.3 Å². The van der Waals surface area contributed by atoms with Crippen molar-refractivity contribution in [3.8, 4) is 5.75 Å². The van der Waals surface area contributed by atoms with E-state index in [9.17, 15) is 4.79 Å². The van der Waals surface area contributed by atoms with Crippen LogP contribution in [0.15, 0.2) is 72.8 Å². The Kier molecular flexibility index (Phi) is 5.26. The van der Waals surface area contributed by atoms with Crippen molar-refractivity contribution in [3.63, 3.8) is 0 Å². The summed E-state index contributed by atoms with van der Waals surface area (Å²) in [5, 5.41) is 5.75. The van der Waals surface area contributed by atoms with E-state index < -0.39 is 0 Å². The van der Waals surface area contributed by atoms with Crippen molar-refractivity contribution in [3.05, 3.63) is 89.5 Å². The highest BCUT2D eigenvalue weighted by molar-refractivity contribution is 5.99. The molecule has 28 heavy (non-hydrogen) atoms. The molecule has 0 fully saturated rings. The molecule has 0 aromatic heterocycles. The molecule has 0 bridgehead atoms. The Morgan fingerprint density at radius 3 is 2.43 bits per heavy atom. The second-order valence-electron chi connectivity index (χ2n) is 6.93. The number of urea groups is 1. The Morgan fingerprint density at radius 1 is 0.893 bits per heavy atom. The smallest absolute Gasteiger partial charge is 0.323 e. The molecule has 1 aliphatic heterocycles. The third-order valence-corrected chi connectivity index (χ3v) is 4.83. The third kappa shape index (κ3) is 4.32. The van der Waals surface area contributed by atoms with Crippen LogP contribution in [0.3, 0.4) is 0 Å². The number of rotatable bonds is 5. The van der Waals surface area contributed by atoms with Crippen LogP contribution in [0.2, 0.25) is 0 Å². The molecule has 1 aliphatic rings. The fourth-order valence-corrected chi connectivity index (χ4v) is 3.49. The molecule has 0 spiro atoms. The number of methoxy groups -OCH3 is 1. The second-order valence-corrected chi connectivity index (χ2v) is 6.93. The van der Waals surface area contributed by atoms with Gasteiger partial charge < -0.3 is 15.4 Å². The molecule has 3 aromatic carbocycles. The van der Waals surface area contributed by atoms with Crippen molar-refractivity contribution >= 4 is 17.4 Å². The van der Waals surface area contributed by atoms with Gasteiger partial charge in [0.2, 0.25) is 0 Å². The van der Waals surface area contributed by atoms with Gasteiger partial charge in [-0.25, -0.2) is 4.79 Å². The zero-order valence-corrected chi connectivity index (χ0v) is 15.8. The highest BCUT2D eigenvalue weighted by atomic mass is 16.5. The van der Waals surface area contributed by atoms with Crippen LogP contribution in [0, 0.1) is 0 Å². The quantitative estimate of drug-likeness (QED) is 0.672. The number of amides is 2. The van der Waals surface area contributed by atoms with E-state index in [1.165, 1.54) is 16.7 Å². The SMILES string of the molecule is COc1cccc(NC(=O)Nc2ccc3c(c2)CN(Cc2ccccc2)C3)c1. The van der Waals surface area contributed by atoms with Crippen LogP contribution in [0.4, 0.5) is 16.2 Å². The molecule has 0 atom stereocenters. The zero-order chi connectivity index (χ0) is 19.3. The fourth-order valence-electron chi connectivity index (χ4n) is 3.49. The Morgan fingerprint density at radius 2 is 1.64 bits per heavy atom. The molecule has 0 saturated heterocycles. The van der Waals surface area contributed by atoms with Gasteiger partial charge in [0.1, 0.15) is 5.75 Å². The van der Waals surface area contributed by atoms with Gasteiger partial charge in [-0.15, -0.1) is 0 Å². The van der Waals surface area contributed by atoms with Crippen LogP contribution in [-0.2, 0) is 19.6 Å². The summed E-state index contributed by atoms with van der Waals surface area (Å²) < 4.78 is 5.18. The van der Waals surface area contributed by atoms with E-state index in [2.05, 4.69) is 51.9 Å². The average molecular weight is 373 g/mol. The lowest BCUT2D eigenvalue weighted by Gasteiger charge is -2.14. The standard InChI is InChI=1S/C23H23N3O2/c1-28-22-9-5-8-20(13-22)24-23(27)25-21-11-10-18-15-26(16-19(18)12-21)14-17-6-3-2-4-7-17/h2-13H,14-16H2,1H3,(H2,24,25,27). The molecule has 3 aromatic rings. The Balaban J connectivity index is 1.37. The molecular weight excluding hydrogens is 350 g/mol. The molecule has 5 nitrogen and oxygen atoms in total. The van der Waals surface area contributed by atoms with Gasteiger partial charge >= 0.3 is 6.03 Å². The molecule has 142 valence electrons. The summed E-state index contributed by atoms with van der Waals surface area (Å²) in [7, 11) is 1.60. The first-order valence-corrected chi connectivity index (χ1v) is 9.30. The molecule has 0 saturated carbocycles. The maximum atomic E-state index is 12.3. The molecule has 0 aliphatic carbocycles. The van der Waals surface area contributed by atoms with E-state index in [1.54, 1.807) is 13.2 Å². The van der Waals surface area contributed by atoms with Crippen LogP contribution < -0.4 is 15.4 Å². The largest absolute Gasteiger partial charge is 0.497 e. The van der Waals surface area contributed by atoms with Crippen molar-refractivity contribution in [1.29, 1.82) is 0 Å². The first-order chi connectivity index (χ1) is 13.7. The average Bonchev–Trinajstić information content (AvgIpc) is 3.10. The molecule has 2 N–H and O–H groups in total. The number of nitrogens with zero attached hydrogens (tertiary/aromatic N) is 1. The number of carbonyl (C=O) groups excluding carboxylic acids is 1. The van der Waals surface area contributed by atoms with Gasteiger partial charge in [0.15, 0.2) is 0 Å². The van der Waals surface area contributed by atoms with Gasteiger partial charge in [-0.05, 0) is 41.0 Å². The lowest BCUT2D eigenvalue weighted by molar-refractivity contribution is 0.262. The highest BCUT2D eigenvalue weighted by Gasteiger charge is 2.19. The number of ether oxygens (including phenoxy) is 1. The minimum Gasteiger partial charge on any atom is -0.497 e. The van der Waals surface area contributed by atoms with Gasteiger partial charge in [-0.3, -0.25) is 4.90 Å². The molecular formula is C23H23N3O2. The van der Waals surface area contributed by atoms with E-state index in [0.29, 0.717) is 11.4 Å². The summed E-state index contributed by atoms with van der Waals surface area (Å²) in [6.45, 7) is 2.74. The Bertz CT molecular complexity index is 973. The highest BCUT2D eigenvalue weighted by Crippen LogP contribution is 2.27. The molecule has 1 heterocycles. The lowest BCUT2D eigenvalue weighted by Crippen LogP contribution is -2.19. The molecule has 4 rings (SSSR count). The maximum absolute atomic E-state index is 12.3. The number of anilines is 2. The van der Waals surface area contributed by atoms with Gasteiger partial charge in [0.25, 0.3) is 0 Å². The summed E-state index contributed by atoms with van der Waals surface area (Å²) in [6.07, 6.45) is 0. The minimum absolute atomic E-state index is 0.271. The summed E-state index contributed by atoms with van der Waals surface area (Å²) in [5.41, 5.74) is 5.36. The van der Waals surface area contributed by atoms with E-state index in [-0.39, 0.29) is 6.03 Å². The minimum atomic E-state index is -0.271. The van der Waals surface area contributed by atoms with Crippen LogP contribution in [0.25, 0.3) is 0 Å². The lowest BCUT2D eigenvalue weighted by atomic mass is 10.1. The van der Waals surface area contributed by atoms with Crippen molar-refractivity contribution in [1.82, 2.24) is 4.90 Å². The second kappa shape index (κ2) is 8.15. The van der Waals surface area contributed by atoms with Crippen LogP contribution in [-0.4, -0.2) is 18.0 Å². The topological polar surface area (TPSA) is 53.6 Å². The Labute approximate surface area is 164 Å². The third-order valence-electron chi connectivity index (χ3n) is 4.83. The van der Waals surface area contributed by atoms with Gasteiger partial charge in [0.05, 0.1) is 7.11 Å². The molecule has 0 unspecified atom stereocenters. The number of benzene rings is 3. The summed E-state index contributed by atoms with van der Waals surface area (Å²) in [6, 6.07) is 23.6. The maximum Gasteiger partial charge on any atom is 0.323 e. The van der Waals surface area contributed by atoms with Gasteiger partial charge in [-0.2, -0.15) is 0 Å². The van der Waals surface area contributed by atoms with Crippen molar-refractivity contribution < 1.29 is 9.53 Å². The normalized spacial score (nSPS) is 13.0. The van der Waals surface area contributed by atoms with Crippen molar-refractivity contribution in [2.45, 2.75) is 19.6 Å².